The van der Waals surface area contributed by atoms with Gasteiger partial charge in [-0.1, -0.05) is 17.8 Å². The molecule has 23 heavy (non-hydrogen) atoms. The third-order valence-corrected chi connectivity index (χ3v) is 5.72. The van der Waals surface area contributed by atoms with Crippen LogP contribution in [0.3, 0.4) is 0 Å². The van der Waals surface area contributed by atoms with E-state index in [1.54, 1.807) is 16.0 Å². The van der Waals surface area contributed by atoms with E-state index < -0.39 is 0 Å². The molecule has 1 atom stereocenters. The second kappa shape index (κ2) is 6.60. The maximum atomic E-state index is 12.6. The SMILES string of the molecule is CC(C)(C)n1nnnc1SCC(=O)N1CCCC1c1cccs1. The van der Waals surface area contributed by atoms with Crippen molar-refractivity contribution in [2.24, 2.45) is 0 Å². The van der Waals surface area contributed by atoms with Crippen molar-refractivity contribution in [1.82, 2.24) is 25.1 Å². The summed E-state index contributed by atoms with van der Waals surface area (Å²) in [6.07, 6.45) is 2.12. The molecule has 1 fully saturated rings. The van der Waals surface area contributed by atoms with E-state index in [0.29, 0.717) is 10.9 Å². The summed E-state index contributed by atoms with van der Waals surface area (Å²) in [4.78, 5) is 15.9. The fraction of sp³-hybridized carbons (Fsp3) is 0.600. The van der Waals surface area contributed by atoms with E-state index in [9.17, 15) is 4.79 Å². The lowest BCUT2D eigenvalue weighted by atomic mass is 10.1. The Morgan fingerprint density at radius 2 is 2.30 bits per heavy atom. The Morgan fingerprint density at radius 1 is 1.48 bits per heavy atom. The van der Waals surface area contributed by atoms with Gasteiger partial charge in [0, 0.05) is 11.4 Å². The molecule has 2 aromatic heterocycles. The maximum Gasteiger partial charge on any atom is 0.233 e. The molecule has 0 aromatic carbocycles. The van der Waals surface area contributed by atoms with E-state index >= 15 is 0 Å². The van der Waals surface area contributed by atoms with Crippen LogP contribution in [0.4, 0.5) is 0 Å². The van der Waals surface area contributed by atoms with Crippen molar-refractivity contribution in [2.45, 2.75) is 50.4 Å². The Bertz CT molecular complexity index is 662. The zero-order valence-corrected chi connectivity index (χ0v) is 15.2. The first-order valence-corrected chi connectivity index (χ1v) is 9.58. The molecule has 0 bridgehead atoms. The smallest absolute Gasteiger partial charge is 0.233 e. The first-order chi connectivity index (χ1) is 11.0. The van der Waals surface area contributed by atoms with E-state index in [1.807, 2.05) is 31.7 Å². The number of aromatic nitrogens is 4. The summed E-state index contributed by atoms with van der Waals surface area (Å²) in [5, 5.41) is 14.6. The Hall–Kier alpha value is -1.41. The van der Waals surface area contributed by atoms with Crippen molar-refractivity contribution in [3.8, 4) is 0 Å². The van der Waals surface area contributed by atoms with Crippen LogP contribution in [0.2, 0.25) is 0 Å². The number of tetrazole rings is 1. The molecule has 1 unspecified atom stereocenters. The van der Waals surface area contributed by atoms with Crippen LogP contribution < -0.4 is 0 Å². The van der Waals surface area contributed by atoms with Crippen LogP contribution in [0.25, 0.3) is 0 Å². The van der Waals surface area contributed by atoms with Gasteiger partial charge in [0.15, 0.2) is 0 Å². The molecular formula is C15H21N5OS2. The summed E-state index contributed by atoms with van der Waals surface area (Å²) < 4.78 is 1.77. The van der Waals surface area contributed by atoms with Crippen molar-refractivity contribution in [3.63, 3.8) is 0 Å². The van der Waals surface area contributed by atoms with Gasteiger partial charge in [-0.2, -0.15) is 0 Å². The quantitative estimate of drug-likeness (QED) is 0.793. The van der Waals surface area contributed by atoms with Gasteiger partial charge in [-0.3, -0.25) is 4.79 Å². The Balaban J connectivity index is 1.65. The van der Waals surface area contributed by atoms with Crippen LogP contribution in [-0.2, 0) is 10.3 Å². The van der Waals surface area contributed by atoms with Crippen molar-refractivity contribution >= 4 is 29.0 Å². The zero-order valence-electron chi connectivity index (χ0n) is 13.6. The van der Waals surface area contributed by atoms with Gasteiger partial charge in [0.1, 0.15) is 0 Å². The summed E-state index contributed by atoms with van der Waals surface area (Å²) in [6.45, 7) is 6.97. The second-order valence-corrected chi connectivity index (χ2v) is 8.52. The number of rotatable bonds is 4. The molecular weight excluding hydrogens is 330 g/mol. The molecule has 1 aliphatic rings. The van der Waals surface area contributed by atoms with Crippen molar-refractivity contribution in [1.29, 1.82) is 0 Å². The van der Waals surface area contributed by atoms with Gasteiger partial charge in [-0.05, 0) is 55.5 Å². The van der Waals surface area contributed by atoms with Crippen molar-refractivity contribution in [3.05, 3.63) is 22.4 Å². The topological polar surface area (TPSA) is 63.9 Å². The highest BCUT2D eigenvalue weighted by atomic mass is 32.2. The fourth-order valence-corrected chi connectivity index (χ4v) is 4.56. The average Bonchev–Trinajstić information content (AvgIpc) is 3.22. The Kier molecular flexibility index (Phi) is 4.72. The predicted molar refractivity (Wildman–Crippen MR) is 91.5 cm³/mol. The van der Waals surface area contributed by atoms with Gasteiger partial charge in [0.2, 0.25) is 11.1 Å². The summed E-state index contributed by atoms with van der Waals surface area (Å²) in [6, 6.07) is 4.41. The fourth-order valence-electron chi connectivity index (χ4n) is 2.74. The number of hydrogen-bond donors (Lipinski definition) is 0. The molecule has 8 heteroatoms. The van der Waals surface area contributed by atoms with Gasteiger partial charge < -0.3 is 4.90 Å². The van der Waals surface area contributed by atoms with Crippen LogP contribution in [0.1, 0.15) is 44.5 Å². The number of carbonyl (C=O) groups is 1. The van der Waals surface area contributed by atoms with Crippen LogP contribution in [0.5, 0.6) is 0 Å². The second-order valence-electron chi connectivity index (χ2n) is 6.59. The van der Waals surface area contributed by atoms with Crippen LogP contribution >= 0.6 is 23.1 Å². The van der Waals surface area contributed by atoms with Crippen LogP contribution in [0.15, 0.2) is 22.7 Å². The molecule has 0 N–H and O–H groups in total. The minimum atomic E-state index is -0.192. The maximum absolute atomic E-state index is 12.6. The lowest BCUT2D eigenvalue weighted by Gasteiger charge is -2.24. The molecule has 0 saturated carbocycles. The van der Waals surface area contributed by atoms with Gasteiger partial charge in [0.25, 0.3) is 0 Å². The lowest BCUT2D eigenvalue weighted by molar-refractivity contribution is -0.129. The molecule has 3 rings (SSSR count). The first-order valence-electron chi connectivity index (χ1n) is 7.71. The number of nitrogens with zero attached hydrogens (tertiary/aromatic N) is 5. The van der Waals surface area contributed by atoms with Gasteiger partial charge in [-0.15, -0.1) is 16.4 Å². The highest BCUT2D eigenvalue weighted by Crippen LogP contribution is 2.35. The summed E-state index contributed by atoms with van der Waals surface area (Å²) in [5.41, 5.74) is -0.192. The molecule has 124 valence electrons. The van der Waals surface area contributed by atoms with Gasteiger partial charge >= 0.3 is 0 Å². The molecule has 3 heterocycles. The molecule has 1 saturated heterocycles. The highest BCUT2D eigenvalue weighted by Gasteiger charge is 2.31. The van der Waals surface area contributed by atoms with E-state index in [1.165, 1.54) is 16.6 Å². The molecule has 0 radical (unpaired) electrons. The molecule has 1 amide bonds. The van der Waals surface area contributed by atoms with Crippen LogP contribution in [-0.4, -0.2) is 43.3 Å². The van der Waals surface area contributed by atoms with E-state index in [0.717, 1.165) is 19.4 Å². The minimum Gasteiger partial charge on any atom is -0.334 e. The lowest BCUT2D eigenvalue weighted by Crippen LogP contribution is -2.32. The third kappa shape index (κ3) is 3.58. The summed E-state index contributed by atoms with van der Waals surface area (Å²) >= 11 is 3.14. The number of carbonyl (C=O) groups excluding carboxylic acids is 1. The largest absolute Gasteiger partial charge is 0.334 e. The predicted octanol–water partition coefficient (Wildman–Crippen LogP) is 2.95. The van der Waals surface area contributed by atoms with E-state index in [2.05, 4.69) is 27.0 Å². The first kappa shape index (κ1) is 16.4. The summed E-state index contributed by atoms with van der Waals surface area (Å²) in [7, 11) is 0. The van der Waals surface area contributed by atoms with E-state index in [4.69, 9.17) is 0 Å². The van der Waals surface area contributed by atoms with Crippen LogP contribution in [0, 0.1) is 0 Å². The van der Waals surface area contributed by atoms with Gasteiger partial charge in [0.05, 0.1) is 17.3 Å². The van der Waals surface area contributed by atoms with Gasteiger partial charge in [-0.25, -0.2) is 4.68 Å². The number of thioether (sulfide) groups is 1. The number of amides is 1. The van der Waals surface area contributed by atoms with Crippen molar-refractivity contribution in [2.75, 3.05) is 12.3 Å². The van der Waals surface area contributed by atoms with Crippen molar-refractivity contribution < 1.29 is 4.79 Å². The highest BCUT2D eigenvalue weighted by molar-refractivity contribution is 7.99. The molecule has 0 spiro atoms. The molecule has 2 aromatic rings. The molecule has 0 aliphatic carbocycles. The number of hydrogen-bond acceptors (Lipinski definition) is 6. The summed E-state index contributed by atoms with van der Waals surface area (Å²) in [5.74, 6) is 0.535. The number of likely N-dealkylation sites (tertiary alicyclic amines) is 1. The Morgan fingerprint density at radius 3 is 3.00 bits per heavy atom. The third-order valence-electron chi connectivity index (χ3n) is 3.85. The zero-order chi connectivity index (χ0) is 16.4. The normalized spacial score (nSPS) is 18.6. The standard InChI is InChI=1S/C15H21N5OS2/c1-15(2,3)20-14(16-17-18-20)23-10-13(21)19-8-4-6-11(19)12-7-5-9-22-12/h5,7,9,11H,4,6,8,10H2,1-3H3. The average molecular weight is 352 g/mol. The molecule has 1 aliphatic heterocycles. The minimum absolute atomic E-state index is 0.161. The Labute approximate surface area is 144 Å². The number of thiophene rings is 1. The monoisotopic (exact) mass is 351 g/mol. The molecule has 6 nitrogen and oxygen atoms in total. The van der Waals surface area contributed by atoms with E-state index in [-0.39, 0.29) is 17.5 Å².